The van der Waals surface area contributed by atoms with E-state index in [-0.39, 0.29) is 11.3 Å². The van der Waals surface area contributed by atoms with Gasteiger partial charge in [0, 0.05) is 35.8 Å². The summed E-state index contributed by atoms with van der Waals surface area (Å²) in [4.78, 5) is 39.3. The summed E-state index contributed by atoms with van der Waals surface area (Å²) in [6.07, 6.45) is 2.79. The quantitative estimate of drug-likeness (QED) is 0.573. The Morgan fingerprint density at radius 1 is 1.04 bits per heavy atom. The van der Waals surface area contributed by atoms with Gasteiger partial charge in [0.1, 0.15) is 0 Å². The molecule has 2 aromatic carbocycles. The van der Waals surface area contributed by atoms with Crippen LogP contribution in [0.25, 0.3) is 0 Å². The highest BCUT2D eigenvalue weighted by atomic mass is 35.5. The van der Waals surface area contributed by atoms with Crippen molar-refractivity contribution in [3.8, 4) is 0 Å². The highest BCUT2D eigenvalue weighted by Crippen LogP contribution is 2.25. The fourth-order valence-corrected chi connectivity index (χ4v) is 3.22. The van der Waals surface area contributed by atoms with Crippen molar-refractivity contribution >= 4 is 34.9 Å². The molecular weight excluding hydrogens is 370 g/mol. The van der Waals surface area contributed by atoms with Crippen LogP contribution in [0.1, 0.15) is 29.6 Å². The Morgan fingerprint density at radius 3 is 2.41 bits per heavy atom. The molecule has 0 atom stereocenters. The summed E-state index contributed by atoms with van der Waals surface area (Å²) in [6, 6.07) is 11.3. The van der Waals surface area contributed by atoms with Gasteiger partial charge in [-0.25, -0.2) is 9.69 Å². The Balaban J connectivity index is 2.00. The van der Waals surface area contributed by atoms with Gasteiger partial charge in [0.15, 0.2) is 0 Å². The van der Waals surface area contributed by atoms with Crippen LogP contribution in [0, 0.1) is 10.1 Å². The number of carbonyl (C=O) groups excluding carboxylic acids is 2. The zero-order valence-electron chi connectivity index (χ0n) is 14.5. The Kier molecular flexibility index (Phi) is 5.71. The maximum atomic E-state index is 13.1. The first-order chi connectivity index (χ1) is 13.0. The van der Waals surface area contributed by atoms with E-state index in [2.05, 4.69) is 0 Å². The molecule has 0 unspecified atom stereocenters. The second-order valence-electron chi connectivity index (χ2n) is 6.26. The SMILES string of the molecule is O=C(c1cccc([N+](=O)[O-])c1)N(C(=O)N1CCCCC1)c1cccc(Cl)c1. The van der Waals surface area contributed by atoms with Gasteiger partial charge in [-0.2, -0.15) is 0 Å². The van der Waals surface area contributed by atoms with Gasteiger partial charge in [-0.3, -0.25) is 14.9 Å². The van der Waals surface area contributed by atoms with Gasteiger partial charge < -0.3 is 4.90 Å². The average Bonchev–Trinajstić information content (AvgIpc) is 2.69. The van der Waals surface area contributed by atoms with E-state index in [1.54, 1.807) is 23.1 Å². The van der Waals surface area contributed by atoms with E-state index < -0.39 is 16.9 Å². The molecule has 0 aromatic heterocycles. The molecule has 3 amide bonds. The second-order valence-corrected chi connectivity index (χ2v) is 6.69. The van der Waals surface area contributed by atoms with E-state index in [0.717, 1.165) is 24.2 Å². The van der Waals surface area contributed by atoms with Crippen molar-refractivity contribution in [1.82, 2.24) is 4.90 Å². The van der Waals surface area contributed by atoms with Crippen LogP contribution in [0.4, 0.5) is 16.2 Å². The molecule has 1 heterocycles. The highest BCUT2D eigenvalue weighted by molar-refractivity contribution is 6.31. The number of halogens is 1. The highest BCUT2D eigenvalue weighted by Gasteiger charge is 2.30. The zero-order chi connectivity index (χ0) is 19.4. The third kappa shape index (κ3) is 4.25. The molecule has 1 aliphatic heterocycles. The lowest BCUT2D eigenvalue weighted by molar-refractivity contribution is -0.384. The van der Waals surface area contributed by atoms with Crippen molar-refractivity contribution in [1.29, 1.82) is 0 Å². The molecule has 7 nitrogen and oxygen atoms in total. The first-order valence-corrected chi connectivity index (χ1v) is 8.98. The molecule has 1 aliphatic rings. The summed E-state index contributed by atoms with van der Waals surface area (Å²) in [5.41, 5.74) is 0.182. The predicted octanol–water partition coefficient (Wildman–Crippen LogP) is 4.50. The molecule has 0 radical (unpaired) electrons. The molecule has 0 N–H and O–H groups in total. The number of nitro benzene ring substituents is 1. The average molecular weight is 388 g/mol. The summed E-state index contributed by atoms with van der Waals surface area (Å²) in [6.45, 7) is 1.14. The Bertz CT molecular complexity index is 881. The second kappa shape index (κ2) is 8.18. The molecule has 140 valence electrons. The number of hydrogen-bond donors (Lipinski definition) is 0. The number of anilines is 1. The predicted molar refractivity (Wildman–Crippen MR) is 102 cm³/mol. The van der Waals surface area contributed by atoms with Gasteiger partial charge in [-0.15, -0.1) is 0 Å². The van der Waals surface area contributed by atoms with Crippen molar-refractivity contribution in [2.24, 2.45) is 0 Å². The van der Waals surface area contributed by atoms with E-state index in [0.29, 0.717) is 23.8 Å². The normalized spacial score (nSPS) is 13.9. The monoisotopic (exact) mass is 387 g/mol. The number of non-ortho nitro benzene ring substituents is 1. The Morgan fingerprint density at radius 2 is 1.74 bits per heavy atom. The van der Waals surface area contributed by atoms with Gasteiger partial charge in [0.05, 0.1) is 10.6 Å². The van der Waals surface area contributed by atoms with Crippen LogP contribution in [-0.4, -0.2) is 34.9 Å². The van der Waals surface area contributed by atoms with Gasteiger partial charge in [0.2, 0.25) is 0 Å². The number of amides is 3. The van der Waals surface area contributed by atoms with Gasteiger partial charge in [-0.1, -0.05) is 23.7 Å². The lowest BCUT2D eigenvalue weighted by atomic mass is 10.1. The molecular formula is C19H18ClN3O4. The number of likely N-dealkylation sites (tertiary alicyclic amines) is 1. The summed E-state index contributed by atoms with van der Waals surface area (Å²) < 4.78 is 0. The van der Waals surface area contributed by atoms with Gasteiger partial charge >= 0.3 is 6.03 Å². The molecule has 0 saturated carbocycles. The number of rotatable bonds is 3. The lowest BCUT2D eigenvalue weighted by Gasteiger charge is -2.32. The van der Waals surface area contributed by atoms with Crippen molar-refractivity contribution in [3.63, 3.8) is 0 Å². The fourth-order valence-electron chi connectivity index (χ4n) is 3.04. The maximum absolute atomic E-state index is 13.1. The lowest BCUT2D eigenvalue weighted by Crippen LogP contribution is -2.48. The molecule has 0 aliphatic carbocycles. The summed E-state index contributed by atoms with van der Waals surface area (Å²) in [5, 5.41) is 11.4. The number of nitro groups is 1. The minimum absolute atomic E-state index is 0.0644. The molecule has 3 rings (SSSR count). The van der Waals surface area contributed by atoms with E-state index in [1.807, 2.05) is 0 Å². The Labute approximate surface area is 161 Å². The van der Waals surface area contributed by atoms with Gasteiger partial charge in [-0.05, 0) is 43.5 Å². The smallest absolute Gasteiger partial charge is 0.324 e. The van der Waals surface area contributed by atoms with Crippen LogP contribution in [0.3, 0.4) is 0 Å². The number of imide groups is 1. The topological polar surface area (TPSA) is 83.8 Å². The van der Waals surface area contributed by atoms with Crippen molar-refractivity contribution < 1.29 is 14.5 Å². The Hall–Kier alpha value is -2.93. The van der Waals surface area contributed by atoms with E-state index in [9.17, 15) is 19.7 Å². The minimum atomic E-state index is -0.628. The molecule has 1 saturated heterocycles. The van der Waals surface area contributed by atoms with Gasteiger partial charge in [0.25, 0.3) is 11.6 Å². The van der Waals surface area contributed by atoms with Crippen molar-refractivity contribution in [2.45, 2.75) is 19.3 Å². The maximum Gasteiger partial charge on any atom is 0.331 e. The standard InChI is InChI=1S/C19H18ClN3O4/c20-15-7-5-8-16(13-15)22(19(25)21-10-2-1-3-11-21)18(24)14-6-4-9-17(12-14)23(26)27/h4-9,12-13H,1-3,10-11H2. The zero-order valence-corrected chi connectivity index (χ0v) is 15.3. The third-order valence-electron chi connectivity index (χ3n) is 4.39. The number of benzene rings is 2. The van der Waals surface area contributed by atoms with Crippen molar-refractivity contribution in [3.05, 3.63) is 69.2 Å². The largest absolute Gasteiger partial charge is 0.331 e. The van der Waals surface area contributed by atoms with Crippen LogP contribution in [-0.2, 0) is 0 Å². The molecule has 8 heteroatoms. The molecule has 2 aromatic rings. The van der Waals surface area contributed by atoms with Crippen LogP contribution in [0.5, 0.6) is 0 Å². The van der Waals surface area contributed by atoms with Crippen LogP contribution < -0.4 is 4.90 Å². The summed E-state index contributed by atoms with van der Waals surface area (Å²) >= 11 is 6.04. The van der Waals surface area contributed by atoms with E-state index >= 15 is 0 Å². The number of carbonyl (C=O) groups is 2. The minimum Gasteiger partial charge on any atom is -0.324 e. The first-order valence-electron chi connectivity index (χ1n) is 8.61. The number of hydrogen-bond acceptors (Lipinski definition) is 4. The van der Waals surface area contributed by atoms with Crippen molar-refractivity contribution in [2.75, 3.05) is 18.0 Å². The van der Waals surface area contributed by atoms with Crippen LogP contribution in [0.15, 0.2) is 48.5 Å². The van der Waals surface area contributed by atoms with E-state index in [4.69, 9.17) is 11.6 Å². The fraction of sp³-hybridized carbons (Fsp3) is 0.263. The first kappa shape index (κ1) is 18.8. The third-order valence-corrected chi connectivity index (χ3v) is 4.63. The summed E-state index contributed by atoms with van der Waals surface area (Å²) in [5.74, 6) is -0.628. The van der Waals surface area contributed by atoms with Crippen LogP contribution in [0.2, 0.25) is 5.02 Å². The number of nitrogens with zero attached hydrogens (tertiary/aromatic N) is 3. The number of piperidine rings is 1. The molecule has 0 bridgehead atoms. The summed E-state index contributed by atoms with van der Waals surface area (Å²) in [7, 11) is 0. The molecule has 0 spiro atoms. The molecule has 27 heavy (non-hydrogen) atoms. The molecule has 1 fully saturated rings. The van der Waals surface area contributed by atoms with E-state index in [1.165, 1.54) is 30.3 Å². The number of urea groups is 1. The van der Waals surface area contributed by atoms with Crippen LogP contribution >= 0.6 is 11.6 Å².